The Morgan fingerprint density at radius 2 is 1.70 bits per heavy atom. The second-order valence-electron chi connectivity index (χ2n) is 6.62. The minimum atomic E-state index is -0.314. The van der Waals surface area contributed by atoms with Crippen LogP contribution in [0.1, 0.15) is 33.3 Å². The molecule has 4 heteroatoms. The number of urea groups is 1. The molecular formula is C16H24N2O2. The largest absolute Gasteiger partial charge is 0.366 e. The van der Waals surface area contributed by atoms with E-state index in [1.807, 2.05) is 62.9 Å². The van der Waals surface area contributed by atoms with Crippen LogP contribution in [-0.4, -0.2) is 35.2 Å². The maximum absolute atomic E-state index is 12.3. The van der Waals surface area contributed by atoms with Gasteiger partial charge in [-0.25, -0.2) is 4.79 Å². The van der Waals surface area contributed by atoms with Crippen molar-refractivity contribution in [3.63, 3.8) is 0 Å². The van der Waals surface area contributed by atoms with Gasteiger partial charge in [0.05, 0.1) is 24.3 Å². The average molecular weight is 276 g/mol. The summed E-state index contributed by atoms with van der Waals surface area (Å²) < 4.78 is 5.98. The van der Waals surface area contributed by atoms with Crippen molar-refractivity contribution in [1.82, 2.24) is 10.2 Å². The summed E-state index contributed by atoms with van der Waals surface area (Å²) in [5.41, 5.74) is 0.477. The van der Waals surface area contributed by atoms with Gasteiger partial charge in [-0.05, 0) is 33.3 Å². The summed E-state index contributed by atoms with van der Waals surface area (Å²) in [6, 6.07) is 9.91. The zero-order valence-corrected chi connectivity index (χ0v) is 12.8. The van der Waals surface area contributed by atoms with Gasteiger partial charge in [-0.15, -0.1) is 0 Å². The van der Waals surface area contributed by atoms with E-state index in [9.17, 15) is 4.79 Å². The lowest BCUT2D eigenvalue weighted by atomic mass is 9.99. The third-order valence-electron chi connectivity index (χ3n) is 3.27. The summed E-state index contributed by atoms with van der Waals surface area (Å²) in [4.78, 5) is 14.1. The lowest BCUT2D eigenvalue weighted by molar-refractivity contribution is -0.170. The van der Waals surface area contributed by atoms with E-state index in [1.165, 1.54) is 0 Å². The van der Waals surface area contributed by atoms with Crippen molar-refractivity contribution in [2.75, 3.05) is 13.1 Å². The molecule has 2 rings (SSSR count). The molecule has 1 fully saturated rings. The van der Waals surface area contributed by atoms with Crippen LogP contribution in [0.25, 0.3) is 0 Å². The molecule has 0 saturated carbocycles. The molecule has 0 bridgehead atoms. The Labute approximate surface area is 121 Å². The number of hydrogen-bond acceptors (Lipinski definition) is 2. The summed E-state index contributed by atoms with van der Waals surface area (Å²) in [5, 5.41) is 2.98. The van der Waals surface area contributed by atoms with Crippen LogP contribution in [0.2, 0.25) is 0 Å². The minimum Gasteiger partial charge on any atom is -0.366 e. The number of nitrogens with one attached hydrogen (secondary N) is 1. The number of morpholine rings is 1. The molecule has 1 N–H and O–H groups in total. The molecule has 1 heterocycles. The summed E-state index contributed by atoms with van der Waals surface area (Å²) in [5.74, 6) is 0. The highest BCUT2D eigenvalue weighted by Crippen LogP contribution is 2.27. The lowest BCUT2D eigenvalue weighted by Gasteiger charge is -2.47. The molecule has 4 nitrogen and oxygen atoms in total. The van der Waals surface area contributed by atoms with Gasteiger partial charge in [0, 0.05) is 6.54 Å². The van der Waals surface area contributed by atoms with E-state index in [0.717, 1.165) is 5.56 Å². The summed E-state index contributed by atoms with van der Waals surface area (Å²) >= 11 is 0. The molecule has 0 spiro atoms. The predicted molar refractivity (Wildman–Crippen MR) is 79.5 cm³/mol. The summed E-state index contributed by atoms with van der Waals surface area (Å²) in [6.45, 7) is 9.85. The van der Waals surface area contributed by atoms with Crippen LogP contribution >= 0.6 is 0 Å². The van der Waals surface area contributed by atoms with Gasteiger partial charge in [-0.3, -0.25) is 0 Å². The number of hydrogen-bond donors (Lipinski definition) is 1. The second kappa shape index (κ2) is 5.44. The number of rotatable bonds is 2. The normalized spacial score (nSPS) is 20.5. The van der Waals surface area contributed by atoms with Gasteiger partial charge in [0.25, 0.3) is 0 Å². The Bertz CT molecular complexity index is 453. The maximum atomic E-state index is 12.3. The highest BCUT2D eigenvalue weighted by molar-refractivity contribution is 5.74. The van der Waals surface area contributed by atoms with Gasteiger partial charge in [0.1, 0.15) is 0 Å². The number of benzene rings is 1. The molecule has 0 aliphatic carbocycles. The molecule has 110 valence electrons. The number of amides is 2. The summed E-state index contributed by atoms with van der Waals surface area (Å²) in [6.07, 6.45) is 0. The Morgan fingerprint density at radius 3 is 2.25 bits per heavy atom. The molecule has 1 aliphatic rings. The zero-order chi connectivity index (χ0) is 14.8. The third kappa shape index (κ3) is 3.97. The van der Waals surface area contributed by atoms with Crippen molar-refractivity contribution < 1.29 is 9.53 Å². The third-order valence-corrected chi connectivity index (χ3v) is 3.27. The molecule has 20 heavy (non-hydrogen) atoms. The molecule has 0 atom stereocenters. The standard InChI is InChI=1S/C16H24N2O2/c1-15(2)11-18(12-16(3,4)20-15)14(19)17-10-13-8-6-5-7-9-13/h5-9H,10-12H2,1-4H3,(H,17,19). The van der Waals surface area contributed by atoms with E-state index in [0.29, 0.717) is 19.6 Å². The van der Waals surface area contributed by atoms with E-state index in [2.05, 4.69) is 5.32 Å². The van der Waals surface area contributed by atoms with Crippen LogP contribution in [0, 0.1) is 0 Å². The van der Waals surface area contributed by atoms with Crippen LogP contribution in [0.15, 0.2) is 30.3 Å². The van der Waals surface area contributed by atoms with Crippen molar-refractivity contribution in [3.05, 3.63) is 35.9 Å². The molecule has 1 aliphatic heterocycles. The molecule has 2 amide bonds. The molecule has 1 aromatic carbocycles. The molecule has 0 unspecified atom stereocenters. The van der Waals surface area contributed by atoms with E-state index in [4.69, 9.17) is 4.74 Å². The van der Waals surface area contributed by atoms with Crippen LogP contribution in [0.5, 0.6) is 0 Å². The van der Waals surface area contributed by atoms with Crippen molar-refractivity contribution in [2.24, 2.45) is 0 Å². The second-order valence-corrected chi connectivity index (χ2v) is 6.62. The Balaban J connectivity index is 1.95. The fourth-order valence-corrected chi connectivity index (χ4v) is 2.82. The van der Waals surface area contributed by atoms with Crippen LogP contribution in [0.3, 0.4) is 0 Å². The highest BCUT2D eigenvalue weighted by Gasteiger charge is 2.39. The zero-order valence-electron chi connectivity index (χ0n) is 12.8. The molecular weight excluding hydrogens is 252 g/mol. The fourth-order valence-electron chi connectivity index (χ4n) is 2.82. The van der Waals surface area contributed by atoms with Gasteiger partial charge in [0.15, 0.2) is 0 Å². The smallest absolute Gasteiger partial charge is 0.317 e. The van der Waals surface area contributed by atoms with E-state index >= 15 is 0 Å². The van der Waals surface area contributed by atoms with E-state index < -0.39 is 0 Å². The molecule has 1 aromatic rings. The van der Waals surface area contributed by atoms with E-state index in [-0.39, 0.29) is 17.2 Å². The minimum absolute atomic E-state index is 0.0293. The average Bonchev–Trinajstić information content (AvgIpc) is 2.33. The Kier molecular flexibility index (Phi) is 4.04. The molecule has 0 aromatic heterocycles. The monoisotopic (exact) mass is 276 g/mol. The summed E-state index contributed by atoms with van der Waals surface area (Å²) in [7, 11) is 0. The first-order chi connectivity index (χ1) is 9.27. The Hall–Kier alpha value is -1.55. The lowest BCUT2D eigenvalue weighted by Crippen LogP contribution is -2.60. The SMILES string of the molecule is CC1(C)CN(C(=O)NCc2ccccc2)CC(C)(C)O1. The molecule has 1 saturated heterocycles. The van der Waals surface area contributed by atoms with Crippen LogP contribution in [-0.2, 0) is 11.3 Å². The predicted octanol–water partition coefficient (Wildman–Crippen LogP) is 2.79. The fraction of sp³-hybridized carbons (Fsp3) is 0.562. The van der Waals surface area contributed by atoms with Crippen molar-refractivity contribution in [3.8, 4) is 0 Å². The number of carbonyl (C=O) groups is 1. The quantitative estimate of drug-likeness (QED) is 0.902. The first-order valence-corrected chi connectivity index (χ1v) is 7.04. The highest BCUT2D eigenvalue weighted by atomic mass is 16.5. The van der Waals surface area contributed by atoms with Crippen molar-refractivity contribution in [2.45, 2.75) is 45.4 Å². The van der Waals surface area contributed by atoms with Gasteiger partial charge < -0.3 is 15.0 Å². The van der Waals surface area contributed by atoms with Crippen molar-refractivity contribution in [1.29, 1.82) is 0 Å². The molecule has 0 radical (unpaired) electrons. The number of ether oxygens (including phenoxy) is 1. The van der Waals surface area contributed by atoms with E-state index in [1.54, 1.807) is 0 Å². The maximum Gasteiger partial charge on any atom is 0.317 e. The van der Waals surface area contributed by atoms with Crippen LogP contribution < -0.4 is 5.32 Å². The van der Waals surface area contributed by atoms with Gasteiger partial charge in [0.2, 0.25) is 0 Å². The van der Waals surface area contributed by atoms with Crippen LogP contribution in [0.4, 0.5) is 4.79 Å². The number of carbonyl (C=O) groups excluding carboxylic acids is 1. The first kappa shape index (κ1) is 14.9. The Morgan fingerprint density at radius 1 is 1.15 bits per heavy atom. The van der Waals surface area contributed by atoms with Gasteiger partial charge >= 0.3 is 6.03 Å². The van der Waals surface area contributed by atoms with Gasteiger partial charge in [-0.1, -0.05) is 30.3 Å². The first-order valence-electron chi connectivity index (χ1n) is 7.04. The number of nitrogens with zero attached hydrogens (tertiary/aromatic N) is 1. The van der Waals surface area contributed by atoms with Gasteiger partial charge in [-0.2, -0.15) is 0 Å². The van der Waals surface area contributed by atoms with Crippen molar-refractivity contribution >= 4 is 6.03 Å². The topological polar surface area (TPSA) is 41.6 Å².